The van der Waals surface area contributed by atoms with Crippen LogP contribution in [-0.2, 0) is 9.53 Å². The van der Waals surface area contributed by atoms with E-state index < -0.39 is 12.0 Å². The summed E-state index contributed by atoms with van der Waals surface area (Å²) in [5, 5.41) is 0.472. The van der Waals surface area contributed by atoms with Crippen molar-refractivity contribution >= 4 is 34.5 Å². The van der Waals surface area contributed by atoms with Crippen LogP contribution in [0.1, 0.15) is 32.4 Å². The molecule has 126 valence electrons. The summed E-state index contributed by atoms with van der Waals surface area (Å²) in [7, 11) is 1.57. The lowest BCUT2D eigenvalue weighted by Crippen LogP contribution is -2.45. The Morgan fingerprint density at radius 2 is 1.91 bits per heavy atom. The van der Waals surface area contributed by atoms with Gasteiger partial charge in [-0.1, -0.05) is 56.3 Å². The topological polar surface area (TPSA) is 46.6 Å². The number of thioether (sulfide) groups is 1. The lowest BCUT2D eigenvalue weighted by atomic mass is 9.94. The van der Waals surface area contributed by atoms with Crippen LogP contribution in [0.5, 0.6) is 0 Å². The van der Waals surface area contributed by atoms with Crippen molar-refractivity contribution in [2.75, 3.05) is 12.9 Å². The third-order valence-electron chi connectivity index (χ3n) is 4.21. The Balaban J connectivity index is 2.22. The molecule has 0 spiro atoms. The van der Waals surface area contributed by atoms with Gasteiger partial charge in [0.15, 0.2) is 0 Å². The third kappa shape index (κ3) is 3.90. The van der Waals surface area contributed by atoms with E-state index in [0.29, 0.717) is 10.8 Å². The van der Waals surface area contributed by atoms with Crippen LogP contribution in [0.25, 0.3) is 0 Å². The van der Waals surface area contributed by atoms with Crippen molar-refractivity contribution < 1.29 is 14.3 Å². The second-order valence-electron chi connectivity index (χ2n) is 6.09. The third-order valence-corrected chi connectivity index (χ3v) is 5.41. The predicted molar refractivity (Wildman–Crippen MR) is 93.7 cm³/mol. The fraction of sp³-hybridized carbons (Fsp3) is 0.529. The van der Waals surface area contributed by atoms with Crippen molar-refractivity contribution in [3.8, 4) is 0 Å². The molecule has 0 radical (unpaired) electrons. The van der Waals surface area contributed by atoms with E-state index >= 15 is 0 Å². The van der Waals surface area contributed by atoms with E-state index in [1.807, 2.05) is 26.0 Å². The van der Waals surface area contributed by atoms with E-state index in [9.17, 15) is 9.59 Å². The van der Waals surface area contributed by atoms with Crippen LogP contribution < -0.4 is 0 Å². The number of methoxy groups -OCH3 is 1. The van der Waals surface area contributed by atoms with Crippen molar-refractivity contribution in [3.05, 3.63) is 34.9 Å². The molecule has 2 rings (SSSR count). The zero-order valence-corrected chi connectivity index (χ0v) is 15.4. The van der Waals surface area contributed by atoms with Gasteiger partial charge in [0.05, 0.1) is 18.1 Å². The van der Waals surface area contributed by atoms with Gasteiger partial charge in [0, 0.05) is 17.9 Å². The number of benzene rings is 1. The first kappa shape index (κ1) is 18.3. The van der Waals surface area contributed by atoms with E-state index in [0.717, 1.165) is 5.56 Å². The van der Waals surface area contributed by atoms with Gasteiger partial charge in [-0.2, -0.15) is 0 Å². The van der Waals surface area contributed by atoms with Crippen LogP contribution >= 0.6 is 23.4 Å². The summed E-state index contributed by atoms with van der Waals surface area (Å²) in [5.41, 5.74) is 0.873. The monoisotopic (exact) mass is 355 g/mol. The number of amides is 2. The molecule has 0 aromatic heterocycles. The Labute approximate surface area is 146 Å². The highest BCUT2D eigenvalue weighted by Gasteiger charge is 2.41. The molecule has 0 unspecified atom stereocenters. The summed E-state index contributed by atoms with van der Waals surface area (Å²) in [5.74, 6) is 0.264. The number of imide groups is 1. The maximum Gasteiger partial charge on any atom is 0.288 e. The standard InChI is InChI=1S/C17H22ClNO3S/c1-10(2)14-9-23-17(21)19(14)16(20)11(3)15(22-4)12-5-7-13(18)8-6-12/h5-8,10-11,14-15H,9H2,1-4H3/t11-,14-,15+/m1/s1. The molecule has 1 aromatic carbocycles. The van der Waals surface area contributed by atoms with Crippen LogP contribution in [0.4, 0.5) is 4.79 Å². The van der Waals surface area contributed by atoms with Gasteiger partial charge in [-0.25, -0.2) is 0 Å². The Morgan fingerprint density at radius 3 is 2.43 bits per heavy atom. The fourth-order valence-electron chi connectivity index (χ4n) is 2.81. The first-order valence-corrected chi connectivity index (χ1v) is 9.01. The number of rotatable bonds is 5. The molecule has 3 atom stereocenters. The van der Waals surface area contributed by atoms with E-state index in [1.54, 1.807) is 26.2 Å². The SMILES string of the molecule is CO[C@H](c1ccc(Cl)cc1)[C@@H](C)C(=O)N1C(=O)SC[C@@H]1C(C)C. The summed E-state index contributed by atoms with van der Waals surface area (Å²) in [4.78, 5) is 26.5. The molecule has 0 N–H and O–H groups in total. The molecular weight excluding hydrogens is 334 g/mol. The largest absolute Gasteiger partial charge is 0.376 e. The van der Waals surface area contributed by atoms with Gasteiger partial charge in [0.1, 0.15) is 0 Å². The smallest absolute Gasteiger partial charge is 0.288 e. The summed E-state index contributed by atoms with van der Waals surface area (Å²) in [6.07, 6.45) is -0.411. The highest BCUT2D eigenvalue weighted by Crippen LogP contribution is 2.34. The van der Waals surface area contributed by atoms with Crippen molar-refractivity contribution in [1.29, 1.82) is 0 Å². The summed E-state index contributed by atoms with van der Waals surface area (Å²) in [6.45, 7) is 5.86. The molecule has 6 heteroatoms. The maximum atomic E-state index is 12.9. The van der Waals surface area contributed by atoms with Crippen LogP contribution in [-0.4, -0.2) is 35.0 Å². The highest BCUT2D eigenvalue weighted by molar-refractivity contribution is 8.14. The van der Waals surface area contributed by atoms with Gasteiger partial charge < -0.3 is 4.74 Å². The minimum Gasteiger partial charge on any atom is -0.376 e. The van der Waals surface area contributed by atoms with E-state index in [1.165, 1.54) is 16.7 Å². The van der Waals surface area contributed by atoms with Crippen molar-refractivity contribution in [1.82, 2.24) is 4.90 Å². The molecule has 1 fully saturated rings. The Kier molecular flexibility index (Phi) is 6.12. The predicted octanol–water partition coefficient (Wildman–Crippen LogP) is 4.38. The number of halogens is 1. The number of hydrogen-bond acceptors (Lipinski definition) is 4. The number of hydrogen-bond donors (Lipinski definition) is 0. The van der Waals surface area contributed by atoms with Gasteiger partial charge in [-0.3, -0.25) is 14.5 Å². The normalized spacial score (nSPS) is 20.9. The van der Waals surface area contributed by atoms with Crippen molar-refractivity contribution in [2.24, 2.45) is 11.8 Å². The van der Waals surface area contributed by atoms with Crippen LogP contribution in [0, 0.1) is 11.8 Å². The zero-order valence-electron chi connectivity index (χ0n) is 13.8. The molecule has 0 bridgehead atoms. The second-order valence-corrected chi connectivity index (χ2v) is 7.50. The number of nitrogens with zero attached hydrogens (tertiary/aromatic N) is 1. The first-order chi connectivity index (χ1) is 10.9. The summed E-state index contributed by atoms with van der Waals surface area (Å²) in [6, 6.07) is 7.19. The van der Waals surface area contributed by atoms with Crippen LogP contribution in [0.3, 0.4) is 0 Å². The van der Waals surface area contributed by atoms with E-state index in [4.69, 9.17) is 16.3 Å². The fourth-order valence-corrected chi connectivity index (χ4v) is 4.15. The van der Waals surface area contributed by atoms with Gasteiger partial charge in [0.2, 0.25) is 5.91 Å². The molecule has 23 heavy (non-hydrogen) atoms. The van der Waals surface area contributed by atoms with E-state index in [-0.39, 0.29) is 23.1 Å². The summed E-state index contributed by atoms with van der Waals surface area (Å²) < 4.78 is 5.54. The lowest BCUT2D eigenvalue weighted by molar-refractivity contribution is -0.138. The quantitative estimate of drug-likeness (QED) is 0.786. The molecule has 1 aromatic rings. The maximum absolute atomic E-state index is 12.9. The summed E-state index contributed by atoms with van der Waals surface area (Å²) >= 11 is 7.13. The highest BCUT2D eigenvalue weighted by atomic mass is 35.5. The Morgan fingerprint density at radius 1 is 1.30 bits per heavy atom. The lowest BCUT2D eigenvalue weighted by Gasteiger charge is -2.30. The van der Waals surface area contributed by atoms with Gasteiger partial charge in [0.25, 0.3) is 5.24 Å². The van der Waals surface area contributed by atoms with Crippen molar-refractivity contribution in [2.45, 2.75) is 32.9 Å². The molecule has 0 saturated carbocycles. The molecule has 1 heterocycles. The first-order valence-electron chi connectivity index (χ1n) is 7.65. The van der Waals surface area contributed by atoms with Crippen LogP contribution in [0.15, 0.2) is 24.3 Å². The van der Waals surface area contributed by atoms with Crippen LogP contribution in [0.2, 0.25) is 5.02 Å². The Bertz CT molecular complexity index is 576. The molecule has 4 nitrogen and oxygen atoms in total. The second kappa shape index (κ2) is 7.69. The molecular formula is C17H22ClNO3S. The number of carbonyl (C=O) groups excluding carboxylic acids is 2. The van der Waals surface area contributed by atoms with Gasteiger partial charge in [-0.15, -0.1) is 0 Å². The molecule has 2 amide bonds. The van der Waals surface area contributed by atoms with E-state index in [2.05, 4.69) is 0 Å². The average Bonchev–Trinajstić information content (AvgIpc) is 2.91. The molecule has 1 saturated heterocycles. The zero-order chi connectivity index (χ0) is 17.1. The van der Waals surface area contributed by atoms with Crippen molar-refractivity contribution in [3.63, 3.8) is 0 Å². The minimum atomic E-state index is -0.454. The van der Waals surface area contributed by atoms with Gasteiger partial charge >= 0.3 is 0 Å². The molecule has 1 aliphatic rings. The molecule has 0 aliphatic carbocycles. The minimum absolute atomic E-state index is 0.0508. The average molecular weight is 356 g/mol. The Hall–Kier alpha value is -1.04. The number of ether oxygens (including phenoxy) is 1. The number of carbonyl (C=O) groups is 2. The van der Waals surface area contributed by atoms with Gasteiger partial charge in [-0.05, 0) is 23.6 Å². The molecule has 1 aliphatic heterocycles.